The van der Waals surface area contributed by atoms with E-state index in [0.29, 0.717) is 0 Å². The topological polar surface area (TPSA) is 12.4 Å². The molecule has 0 aromatic heterocycles. The van der Waals surface area contributed by atoms with E-state index in [0.717, 1.165) is 36.1 Å². The second-order valence-electron chi connectivity index (χ2n) is 4.45. The van der Waals surface area contributed by atoms with Crippen LogP contribution in [-0.4, -0.2) is 12.4 Å². The van der Waals surface area contributed by atoms with Gasteiger partial charge in [-0.3, -0.25) is 0 Å². The first kappa shape index (κ1) is 13.3. The molecule has 96 valence electrons. The second kappa shape index (κ2) is 7.35. The van der Waals surface area contributed by atoms with Crippen LogP contribution in [0, 0.1) is 0 Å². The Morgan fingerprint density at radius 3 is 1.89 bits per heavy atom. The minimum Gasteiger partial charge on any atom is -0.242 e. The minimum atomic E-state index is 0.847. The van der Waals surface area contributed by atoms with Gasteiger partial charge in [0.2, 0.25) is 0 Å². The van der Waals surface area contributed by atoms with Gasteiger partial charge in [0.25, 0.3) is 0 Å². The molecule has 0 aliphatic rings. The summed E-state index contributed by atoms with van der Waals surface area (Å²) in [6.45, 7) is 3.02. The summed E-state index contributed by atoms with van der Waals surface area (Å²) < 4.78 is 0. The molecule has 0 atom stereocenters. The van der Waals surface area contributed by atoms with Crippen molar-refractivity contribution in [3.05, 3.63) is 71.8 Å². The molecule has 2 aromatic carbocycles. The van der Waals surface area contributed by atoms with Crippen LogP contribution in [0.2, 0.25) is 0 Å². The lowest BCUT2D eigenvalue weighted by Crippen LogP contribution is -1.89. The standard InChI is InChI=1S/C18H19N/c1-2-3-14-19-15-18(16-10-6-4-7-11-16)17-12-8-5-9-13-17/h4-13H,2-3,14H2,1H3. The van der Waals surface area contributed by atoms with Crippen molar-refractivity contribution in [2.24, 2.45) is 4.99 Å². The summed E-state index contributed by atoms with van der Waals surface area (Å²) in [6.07, 6.45) is 2.28. The molecule has 0 aliphatic carbocycles. The van der Waals surface area contributed by atoms with Crippen LogP contribution in [0.15, 0.2) is 65.7 Å². The Balaban J connectivity index is 2.37. The highest BCUT2D eigenvalue weighted by Crippen LogP contribution is 2.20. The maximum atomic E-state index is 4.43. The Hall–Kier alpha value is -2.11. The Bertz CT molecular complexity index is 507. The molecule has 1 nitrogen and oxygen atoms in total. The lowest BCUT2D eigenvalue weighted by Gasteiger charge is -2.04. The van der Waals surface area contributed by atoms with Crippen molar-refractivity contribution in [3.63, 3.8) is 0 Å². The molecule has 19 heavy (non-hydrogen) atoms. The Kier molecular flexibility index (Phi) is 5.16. The van der Waals surface area contributed by atoms with Gasteiger partial charge in [0.1, 0.15) is 0 Å². The van der Waals surface area contributed by atoms with E-state index in [1.54, 1.807) is 0 Å². The lowest BCUT2D eigenvalue weighted by atomic mass is 9.99. The normalized spacial score (nSPS) is 9.74. The second-order valence-corrected chi connectivity index (χ2v) is 4.45. The van der Waals surface area contributed by atoms with Gasteiger partial charge in [-0.25, -0.2) is 4.99 Å². The van der Waals surface area contributed by atoms with Crippen LogP contribution in [0.25, 0.3) is 5.57 Å². The van der Waals surface area contributed by atoms with E-state index >= 15 is 0 Å². The van der Waals surface area contributed by atoms with Gasteiger partial charge in [0.05, 0.1) is 5.57 Å². The molecule has 0 radical (unpaired) electrons. The first-order valence-corrected chi connectivity index (χ1v) is 6.82. The van der Waals surface area contributed by atoms with E-state index in [1.165, 1.54) is 0 Å². The predicted molar refractivity (Wildman–Crippen MR) is 82.6 cm³/mol. The molecule has 0 amide bonds. The molecule has 0 N–H and O–H groups in total. The van der Waals surface area contributed by atoms with Gasteiger partial charge >= 0.3 is 0 Å². The van der Waals surface area contributed by atoms with E-state index in [4.69, 9.17) is 0 Å². The lowest BCUT2D eigenvalue weighted by molar-refractivity contribution is 0.811. The number of nitrogens with zero attached hydrogens (tertiary/aromatic N) is 1. The highest BCUT2D eigenvalue weighted by atomic mass is 14.7. The molecular weight excluding hydrogens is 230 g/mol. The average Bonchev–Trinajstić information content (AvgIpc) is 2.49. The van der Waals surface area contributed by atoms with Gasteiger partial charge in [-0.1, -0.05) is 74.0 Å². The molecule has 0 saturated carbocycles. The molecule has 0 aliphatic heterocycles. The third kappa shape index (κ3) is 3.94. The van der Waals surface area contributed by atoms with Crippen LogP contribution in [0.3, 0.4) is 0 Å². The van der Waals surface area contributed by atoms with E-state index in [1.807, 2.05) is 36.4 Å². The average molecular weight is 249 g/mol. The van der Waals surface area contributed by atoms with Crippen molar-refractivity contribution in [1.82, 2.24) is 0 Å². The summed E-state index contributed by atoms with van der Waals surface area (Å²) in [5.41, 5.74) is 3.39. The predicted octanol–water partition coefficient (Wildman–Crippen LogP) is 4.59. The first-order valence-electron chi connectivity index (χ1n) is 6.82. The number of benzene rings is 2. The molecule has 0 saturated heterocycles. The Morgan fingerprint density at radius 1 is 0.895 bits per heavy atom. The van der Waals surface area contributed by atoms with Gasteiger partial charge in [-0.2, -0.15) is 0 Å². The molecule has 0 unspecified atom stereocenters. The van der Waals surface area contributed by atoms with Crippen LogP contribution in [0.5, 0.6) is 0 Å². The Morgan fingerprint density at radius 2 is 1.42 bits per heavy atom. The maximum Gasteiger partial charge on any atom is 0.0500 e. The summed E-state index contributed by atoms with van der Waals surface area (Å²) in [4.78, 5) is 4.43. The van der Waals surface area contributed by atoms with Crippen LogP contribution >= 0.6 is 0 Å². The molecule has 2 aromatic rings. The highest BCUT2D eigenvalue weighted by Gasteiger charge is 2.03. The summed E-state index contributed by atoms with van der Waals surface area (Å²) in [6, 6.07) is 20.7. The number of aliphatic imine (C=N–C) groups is 1. The van der Waals surface area contributed by atoms with Gasteiger partial charge in [0.15, 0.2) is 0 Å². The summed E-state index contributed by atoms with van der Waals surface area (Å²) >= 11 is 0. The monoisotopic (exact) mass is 249 g/mol. The molecule has 2 rings (SSSR count). The van der Waals surface area contributed by atoms with Gasteiger partial charge in [-0.05, 0) is 23.4 Å². The smallest absolute Gasteiger partial charge is 0.0500 e. The fourth-order valence-corrected chi connectivity index (χ4v) is 1.88. The highest BCUT2D eigenvalue weighted by molar-refractivity contribution is 5.98. The van der Waals surface area contributed by atoms with E-state index in [-0.39, 0.29) is 0 Å². The third-order valence-corrected chi connectivity index (χ3v) is 2.94. The largest absolute Gasteiger partial charge is 0.242 e. The SMILES string of the molecule is CCCCN=C=C(c1ccccc1)c1ccccc1. The number of rotatable bonds is 5. The van der Waals surface area contributed by atoms with Crippen LogP contribution in [-0.2, 0) is 0 Å². The molecule has 0 spiro atoms. The van der Waals surface area contributed by atoms with Crippen molar-refractivity contribution in [2.45, 2.75) is 19.8 Å². The van der Waals surface area contributed by atoms with Crippen molar-refractivity contribution >= 4 is 11.4 Å². The fourth-order valence-electron chi connectivity index (χ4n) is 1.88. The zero-order chi connectivity index (χ0) is 13.3. The van der Waals surface area contributed by atoms with E-state index in [9.17, 15) is 0 Å². The molecular formula is C18H19N. The van der Waals surface area contributed by atoms with E-state index < -0.39 is 0 Å². The molecule has 0 bridgehead atoms. The van der Waals surface area contributed by atoms with Gasteiger partial charge in [-0.15, -0.1) is 0 Å². The van der Waals surface area contributed by atoms with Crippen molar-refractivity contribution in [3.8, 4) is 0 Å². The van der Waals surface area contributed by atoms with Crippen LogP contribution in [0.1, 0.15) is 30.9 Å². The molecule has 0 heterocycles. The van der Waals surface area contributed by atoms with Crippen molar-refractivity contribution < 1.29 is 0 Å². The van der Waals surface area contributed by atoms with E-state index in [2.05, 4.69) is 42.1 Å². The Labute approximate surface area is 115 Å². The van der Waals surface area contributed by atoms with Crippen molar-refractivity contribution in [1.29, 1.82) is 0 Å². The van der Waals surface area contributed by atoms with Crippen LogP contribution in [0.4, 0.5) is 0 Å². The van der Waals surface area contributed by atoms with Gasteiger partial charge in [0, 0.05) is 6.54 Å². The zero-order valence-electron chi connectivity index (χ0n) is 11.3. The molecule has 0 fully saturated rings. The zero-order valence-corrected chi connectivity index (χ0v) is 11.3. The third-order valence-electron chi connectivity index (χ3n) is 2.94. The van der Waals surface area contributed by atoms with Crippen LogP contribution < -0.4 is 0 Å². The summed E-state index contributed by atoms with van der Waals surface area (Å²) in [5, 5.41) is 0. The number of unbranched alkanes of at least 4 members (excludes halogenated alkanes) is 1. The quantitative estimate of drug-likeness (QED) is 0.543. The number of hydrogen-bond donors (Lipinski definition) is 0. The van der Waals surface area contributed by atoms with Crippen molar-refractivity contribution in [2.75, 3.05) is 6.54 Å². The molecule has 1 heteroatoms. The summed E-state index contributed by atoms with van der Waals surface area (Å²) in [7, 11) is 0. The first-order chi connectivity index (χ1) is 9.42. The summed E-state index contributed by atoms with van der Waals surface area (Å²) in [5.74, 6) is 3.23. The number of hydrogen-bond acceptors (Lipinski definition) is 1. The fraction of sp³-hybridized carbons (Fsp3) is 0.222. The maximum absolute atomic E-state index is 4.43. The minimum absolute atomic E-state index is 0.847. The van der Waals surface area contributed by atoms with Gasteiger partial charge < -0.3 is 0 Å².